The van der Waals surface area contributed by atoms with Gasteiger partial charge in [0.15, 0.2) is 0 Å². The van der Waals surface area contributed by atoms with Crippen LogP contribution in [-0.2, 0) is 9.32 Å². The summed E-state index contributed by atoms with van der Waals surface area (Å²) in [7, 11) is 1.97. The highest BCUT2D eigenvalue weighted by Crippen LogP contribution is 2.38. The molecule has 0 heterocycles. The highest BCUT2D eigenvalue weighted by molar-refractivity contribution is 7.10. The van der Waals surface area contributed by atoms with E-state index in [-0.39, 0.29) is 11.9 Å². The Morgan fingerprint density at radius 3 is 2.50 bits per heavy atom. The molecular weight excluding hydrogens is 123 g/mol. The number of hydrogen-bond acceptors (Lipinski definition) is 2. The lowest BCUT2D eigenvalue weighted by atomic mass is 10.3. The first-order chi connectivity index (χ1) is 3.75. The average Bonchev–Trinajstić information content (AvgIpc) is 2.45. The fraction of sp³-hybridized carbons (Fsp3) is 0.800. The van der Waals surface area contributed by atoms with Gasteiger partial charge in [-0.1, -0.05) is 6.92 Å². The second-order valence-corrected chi connectivity index (χ2v) is 2.49. The molecule has 0 N–H and O–H groups in total. The van der Waals surface area contributed by atoms with Gasteiger partial charge in [-0.15, -0.1) is 0 Å². The summed E-state index contributed by atoms with van der Waals surface area (Å²) in [6.07, 6.45) is 1.01. The molecule has 0 amide bonds. The fourth-order valence-corrected chi connectivity index (χ4v) is 0.913. The molecule has 1 rings (SSSR count). The lowest BCUT2D eigenvalue weighted by molar-refractivity contribution is -0.134. The summed E-state index contributed by atoms with van der Waals surface area (Å²) < 4.78 is 4.42. The number of rotatable bonds is 1. The van der Waals surface area contributed by atoms with Crippen LogP contribution in [0.5, 0.6) is 0 Å². The molecule has 1 aliphatic carbocycles. The van der Waals surface area contributed by atoms with Gasteiger partial charge in [0.1, 0.15) is 0 Å². The van der Waals surface area contributed by atoms with E-state index in [4.69, 9.17) is 0 Å². The summed E-state index contributed by atoms with van der Waals surface area (Å²) in [6.45, 7) is 2.05. The molecule has 3 atom stereocenters. The quantitative estimate of drug-likeness (QED) is 0.497. The van der Waals surface area contributed by atoms with E-state index in [9.17, 15) is 4.79 Å². The van der Waals surface area contributed by atoms with Crippen molar-refractivity contribution in [3.05, 3.63) is 0 Å². The van der Waals surface area contributed by atoms with Crippen LogP contribution in [-0.4, -0.2) is 5.97 Å². The molecule has 0 aromatic carbocycles. The SMILES string of the molecule is CC1CC1C(=O)OP. The third-order valence-electron chi connectivity index (χ3n) is 1.53. The number of carbonyl (C=O) groups excluding carboxylic acids is 1. The van der Waals surface area contributed by atoms with Gasteiger partial charge in [-0.05, 0) is 12.3 Å². The van der Waals surface area contributed by atoms with Crippen LogP contribution in [0.2, 0.25) is 0 Å². The van der Waals surface area contributed by atoms with E-state index in [1.807, 2.05) is 16.4 Å². The molecular formula is C5H9O2P. The molecule has 1 fully saturated rings. The van der Waals surface area contributed by atoms with Gasteiger partial charge in [0.25, 0.3) is 0 Å². The van der Waals surface area contributed by atoms with E-state index in [0.717, 1.165) is 6.42 Å². The van der Waals surface area contributed by atoms with Crippen molar-refractivity contribution in [2.24, 2.45) is 11.8 Å². The van der Waals surface area contributed by atoms with Crippen molar-refractivity contribution in [3.63, 3.8) is 0 Å². The largest absolute Gasteiger partial charge is 0.451 e. The predicted molar refractivity (Wildman–Crippen MR) is 33.1 cm³/mol. The van der Waals surface area contributed by atoms with Gasteiger partial charge in [0, 0.05) is 0 Å². The molecule has 8 heavy (non-hydrogen) atoms. The summed E-state index contributed by atoms with van der Waals surface area (Å²) >= 11 is 0. The van der Waals surface area contributed by atoms with Gasteiger partial charge in [-0.3, -0.25) is 4.79 Å². The van der Waals surface area contributed by atoms with Gasteiger partial charge in [0.2, 0.25) is 0 Å². The van der Waals surface area contributed by atoms with Crippen LogP contribution in [0.15, 0.2) is 0 Å². The minimum Gasteiger partial charge on any atom is -0.451 e. The summed E-state index contributed by atoms with van der Waals surface area (Å²) in [5, 5.41) is 0. The summed E-state index contributed by atoms with van der Waals surface area (Å²) in [5.74, 6) is 0.679. The monoisotopic (exact) mass is 132 g/mol. The molecule has 3 unspecified atom stereocenters. The van der Waals surface area contributed by atoms with Crippen LogP contribution in [0.4, 0.5) is 0 Å². The average molecular weight is 132 g/mol. The third-order valence-corrected chi connectivity index (χ3v) is 1.76. The third kappa shape index (κ3) is 1.00. The number of hydrogen-bond donors (Lipinski definition) is 0. The van der Waals surface area contributed by atoms with Crippen LogP contribution in [0, 0.1) is 11.8 Å². The molecule has 0 spiro atoms. The van der Waals surface area contributed by atoms with Crippen LogP contribution in [0.3, 0.4) is 0 Å². The molecule has 2 nitrogen and oxygen atoms in total. The molecule has 0 bridgehead atoms. The second kappa shape index (κ2) is 2.02. The van der Waals surface area contributed by atoms with Crippen molar-refractivity contribution in [1.82, 2.24) is 0 Å². The first-order valence-corrected chi connectivity index (χ1v) is 3.13. The van der Waals surface area contributed by atoms with Crippen LogP contribution < -0.4 is 0 Å². The fourth-order valence-electron chi connectivity index (χ4n) is 0.738. The Balaban J connectivity index is 2.28. The van der Waals surface area contributed by atoms with Gasteiger partial charge in [0.05, 0.1) is 15.4 Å². The normalized spacial score (nSPS) is 34.2. The molecule has 0 aliphatic heterocycles. The van der Waals surface area contributed by atoms with Crippen molar-refractivity contribution in [1.29, 1.82) is 0 Å². The topological polar surface area (TPSA) is 26.3 Å². The van der Waals surface area contributed by atoms with E-state index in [1.165, 1.54) is 0 Å². The zero-order valence-electron chi connectivity index (χ0n) is 4.76. The van der Waals surface area contributed by atoms with Crippen molar-refractivity contribution >= 4 is 15.4 Å². The van der Waals surface area contributed by atoms with E-state index in [2.05, 4.69) is 4.52 Å². The maximum Gasteiger partial charge on any atom is 0.311 e. The molecule has 46 valence electrons. The van der Waals surface area contributed by atoms with Crippen molar-refractivity contribution < 1.29 is 9.32 Å². The maximum absolute atomic E-state index is 10.5. The summed E-state index contributed by atoms with van der Waals surface area (Å²) in [5.41, 5.74) is 0. The summed E-state index contributed by atoms with van der Waals surface area (Å²) in [4.78, 5) is 10.5. The molecule has 1 aliphatic rings. The van der Waals surface area contributed by atoms with Gasteiger partial charge < -0.3 is 4.52 Å². The Morgan fingerprint density at radius 1 is 1.88 bits per heavy atom. The molecule has 3 heteroatoms. The van der Waals surface area contributed by atoms with E-state index in [1.54, 1.807) is 0 Å². The van der Waals surface area contributed by atoms with Gasteiger partial charge >= 0.3 is 5.97 Å². The van der Waals surface area contributed by atoms with E-state index in [0.29, 0.717) is 5.92 Å². The van der Waals surface area contributed by atoms with Crippen LogP contribution >= 0.6 is 9.47 Å². The Kier molecular flexibility index (Phi) is 1.52. The lowest BCUT2D eigenvalue weighted by Gasteiger charge is -1.91. The van der Waals surface area contributed by atoms with Crippen molar-refractivity contribution in [3.8, 4) is 0 Å². The lowest BCUT2D eigenvalue weighted by Crippen LogP contribution is -1.99. The van der Waals surface area contributed by atoms with Crippen molar-refractivity contribution in [2.45, 2.75) is 13.3 Å². The Hall–Kier alpha value is -0.100. The standard InChI is InChI=1S/C5H9O2P/c1-3-2-4(3)5(6)7-8/h3-4H,2,8H2,1H3. The van der Waals surface area contributed by atoms with Gasteiger partial charge in [-0.25, -0.2) is 0 Å². The molecule has 0 aromatic rings. The number of carbonyl (C=O) groups is 1. The van der Waals surface area contributed by atoms with Crippen LogP contribution in [0.25, 0.3) is 0 Å². The maximum atomic E-state index is 10.5. The van der Waals surface area contributed by atoms with Gasteiger partial charge in [-0.2, -0.15) is 0 Å². The summed E-state index contributed by atoms with van der Waals surface area (Å²) in [6, 6.07) is 0. The minimum absolute atomic E-state index is 0.0810. The molecule has 1 saturated carbocycles. The van der Waals surface area contributed by atoms with Crippen molar-refractivity contribution in [2.75, 3.05) is 0 Å². The Labute approximate surface area is 50.9 Å². The second-order valence-electron chi connectivity index (χ2n) is 2.26. The molecule has 0 saturated heterocycles. The molecule has 0 aromatic heterocycles. The minimum atomic E-state index is -0.0810. The van der Waals surface area contributed by atoms with E-state index >= 15 is 0 Å². The highest BCUT2D eigenvalue weighted by Gasteiger charge is 2.39. The Bertz CT molecular complexity index is 113. The first-order valence-electron chi connectivity index (χ1n) is 2.66. The van der Waals surface area contributed by atoms with Crippen LogP contribution in [0.1, 0.15) is 13.3 Å². The first kappa shape index (κ1) is 6.03. The highest BCUT2D eigenvalue weighted by atomic mass is 31.0. The Morgan fingerprint density at radius 2 is 2.38 bits per heavy atom. The predicted octanol–water partition coefficient (Wildman–Crippen LogP) is 0.976. The zero-order valence-corrected chi connectivity index (χ0v) is 5.91. The smallest absolute Gasteiger partial charge is 0.311 e. The zero-order chi connectivity index (χ0) is 6.15. The van der Waals surface area contributed by atoms with E-state index < -0.39 is 0 Å². The molecule has 0 radical (unpaired) electrons.